The smallest absolute Gasteiger partial charge is 0.197 e. The van der Waals surface area contributed by atoms with E-state index in [0.29, 0.717) is 23.6 Å². The van der Waals surface area contributed by atoms with Crippen molar-refractivity contribution in [1.82, 2.24) is 19.6 Å². The zero-order valence-electron chi connectivity index (χ0n) is 16.4. The van der Waals surface area contributed by atoms with Gasteiger partial charge < -0.3 is 15.5 Å². The monoisotopic (exact) mass is 375 g/mol. The number of rotatable bonds is 4. The van der Waals surface area contributed by atoms with E-state index in [9.17, 15) is 0 Å². The lowest BCUT2D eigenvalue weighted by Crippen LogP contribution is -2.34. The molecule has 4 aromatic rings. The molecule has 3 N–H and O–H groups in total. The molecule has 0 radical (unpaired) electrons. The van der Waals surface area contributed by atoms with E-state index in [4.69, 9.17) is 10.5 Å². The lowest BCUT2D eigenvalue weighted by atomic mass is 9.76. The molecule has 6 heteroatoms. The maximum atomic E-state index is 6.01. The molecule has 0 saturated heterocycles. The number of nitrogens with zero attached hydrogens (tertiary/aromatic N) is 3. The van der Waals surface area contributed by atoms with Crippen molar-refractivity contribution in [2.24, 2.45) is 5.73 Å². The number of nitrogens with one attached hydrogen (secondary N) is 1. The van der Waals surface area contributed by atoms with Crippen molar-refractivity contribution in [3.05, 3.63) is 47.9 Å². The van der Waals surface area contributed by atoms with Gasteiger partial charge in [0.1, 0.15) is 6.33 Å². The van der Waals surface area contributed by atoms with Crippen LogP contribution in [0.1, 0.15) is 49.7 Å². The highest BCUT2D eigenvalue weighted by Gasteiger charge is 2.28. The van der Waals surface area contributed by atoms with E-state index in [-0.39, 0.29) is 0 Å². The van der Waals surface area contributed by atoms with E-state index in [2.05, 4.69) is 47.1 Å². The topological polar surface area (TPSA) is 81.2 Å². The predicted octanol–water partition coefficient (Wildman–Crippen LogP) is 4.21. The van der Waals surface area contributed by atoms with E-state index in [1.165, 1.54) is 16.5 Å². The Bertz CT molecular complexity index is 1170. The molecular weight excluding hydrogens is 350 g/mol. The highest BCUT2D eigenvalue weighted by molar-refractivity contribution is 5.92. The average molecular weight is 375 g/mol. The number of H-pyrrole nitrogens is 1. The highest BCUT2D eigenvalue weighted by atomic mass is 16.5. The molecule has 0 spiro atoms. The molecule has 5 rings (SSSR count). The first-order chi connectivity index (χ1) is 13.5. The van der Waals surface area contributed by atoms with Crippen LogP contribution in [0, 0.1) is 0 Å². The molecule has 1 fully saturated rings. The Labute approximate surface area is 163 Å². The van der Waals surface area contributed by atoms with Crippen LogP contribution in [-0.2, 0) is 0 Å². The van der Waals surface area contributed by atoms with Crippen LogP contribution < -0.4 is 10.5 Å². The van der Waals surface area contributed by atoms with Crippen molar-refractivity contribution in [3.8, 4) is 17.0 Å². The quantitative estimate of drug-likeness (QED) is 0.560. The minimum atomic E-state index is 0.355. The SMILES string of the molecule is COc1cc(-c2[nH]c3ccc(C4CC(N)C4)cc3c2C(C)C)cn2ncnc12. The second-order valence-electron chi connectivity index (χ2n) is 8.13. The summed E-state index contributed by atoms with van der Waals surface area (Å²) in [4.78, 5) is 7.92. The molecule has 0 aliphatic heterocycles. The van der Waals surface area contributed by atoms with Crippen molar-refractivity contribution in [2.75, 3.05) is 7.11 Å². The number of fused-ring (bicyclic) bond motifs is 2. The Morgan fingerprint density at radius 1 is 1.25 bits per heavy atom. The zero-order valence-corrected chi connectivity index (χ0v) is 16.4. The first-order valence-electron chi connectivity index (χ1n) is 9.84. The van der Waals surface area contributed by atoms with Crippen molar-refractivity contribution in [2.45, 2.75) is 44.6 Å². The molecule has 1 aliphatic carbocycles. The summed E-state index contributed by atoms with van der Waals surface area (Å²) >= 11 is 0. The molecule has 0 atom stereocenters. The van der Waals surface area contributed by atoms with Gasteiger partial charge in [-0.1, -0.05) is 19.9 Å². The fourth-order valence-corrected chi connectivity index (χ4v) is 4.43. The summed E-state index contributed by atoms with van der Waals surface area (Å²) < 4.78 is 7.32. The van der Waals surface area contributed by atoms with Crippen LogP contribution in [0.5, 0.6) is 5.75 Å². The number of aromatic amines is 1. The van der Waals surface area contributed by atoms with Gasteiger partial charge in [0.25, 0.3) is 0 Å². The molecule has 0 amide bonds. The third kappa shape index (κ3) is 2.59. The van der Waals surface area contributed by atoms with Crippen molar-refractivity contribution in [1.29, 1.82) is 0 Å². The van der Waals surface area contributed by atoms with Gasteiger partial charge in [0.05, 0.1) is 12.8 Å². The van der Waals surface area contributed by atoms with Crippen LogP contribution in [0.4, 0.5) is 0 Å². The minimum Gasteiger partial charge on any atom is -0.493 e. The molecule has 144 valence electrons. The first kappa shape index (κ1) is 17.3. The molecule has 3 heterocycles. The molecular formula is C22H25N5O. The van der Waals surface area contributed by atoms with E-state index in [1.807, 2.05) is 12.3 Å². The molecule has 6 nitrogen and oxygen atoms in total. The number of pyridine rings is 1. The van der Waals surface area contributed by atoms with Crippen LogP contribution in [0.2, 0.25) is 0 Å². The molecule has 1 aromatic carbocycles. The predicted molar refractivity (Wildman–Crippen MR) is 111 cm³/mol. The number of aromatic nitrogens is 4. The Hall–Kier alpha value is -2.86. The van der Waals surface area contributed by atoms with Gasteiger partial charge in [0.15, 0.2) is 11.4 Å². The van der Waals surface area contributed by atoms with E-state index >= 15 is 0 Å². The van der Waals surface area contributed by atoms with Crippen LogP contribution >= 0.6 is 0 Å². The van der Waals surface area contributed by atoms with Gasteiger partial charge in [-0.05, 0) is 54.0 Å². The Morgan fingerprint density at radius 2 is 2.07 bits per heavy atom. The Morgan fingerprint density at radius 3 is 2.79 bits per heavy atom. The van der Waals surface area contributed by atoms with E-state index in [1.54, 1.807) is 18.0 Å². The molecule has 28 heavy (non-hydrogen) atoms. The van der Waals surface area contributed by atoms with Gasteiger partial charge >= 0.3 is 0 Å². The molecule has 0 unspecified atom stereocenters. The summed E-state index contributed by atoms with van der Waals surface area (Å²) in [5.74, 6) is 1.68. The number of benzene rings is 1. The number of methoxy groups -OCH3 is 1. The summed E-state index contributed by atoms with van der Waals surface area (Å²) in [6, 6.07) is 9.19. The Kier molecular flexibility index (Phi) is 3.91. The molecule has 3 aromatic heterocycles. The van der Waals surface area contributed by atoms with Gasteiger partial charge in [-0.15, -0.1) is 0 Å². The molecule has 1 saturated carbocycles. The van der Waals surface area contributed by atoms with Gasteiger partial charge in [-0.3, -0.25) is 0 Å². The summed E-state index contributed by atoms with van der Waals surface area (Å²) in [6.45, 7) is 4.48. The number of ether oxygens (including phenoxy) is 1. The fourth-order valence-electron chi connectivity index (χ4n) is 4.43. The normalized spacial score (nSPS) is 19.5. The lowest BCUT2D eigenvalue weighted by Gasteiger charge is -2.32. The van der Waals surface area contributed by atoms with Crippen LogP contribution in [0.3, 0.4) is 0 Å². The second kappa shape index (κ2) is 6.34. The zero-order chi connectivity index (χ0) is 19.4. The number of nitrogens with two attached hydrogens (primary N) is 1. The van der Waals surface area contributed by atoms with E-state index in [0.717, 1.165) is 35.3 Å². The minimum absolute atomic E-state index is 0.355. The van der Waals surface area contributed by atoms with Crippen LogP contribution in [-0.4, -0.2) is 32.7 Å². The third-order valence-corrected chi connectivity index (χ3v) is 5.94. The maximum Gasteiger partial charge on any atom is 0.197 e. The van der Waals surface area contributed by atoms with E-state index < -0.39 is 0 Å². The lowest BCUT2D eigenvalue weighted by molar-refractivity contribution is 0.352. The summed E-state index contributed by atoms with van der Waals surface area (Å²) in [7, 11) is 1.66. The third-order valence-electron chi connectivity index (χ3n) is 5.94. The standard InChI is InChI=1S/C22H25N5O/c1-12(2)20-17-8-13(14-6-16(23)7-14)4-5-18(17)26-21(20)15-9-19(28-3)22-24-11-25-27(22)10-15/h4-5,8-12,14,16,26H,6-7,23H2,1-3H3. The maximum absolute atomic E-state index is 6.01. The highest BCUT2D eigenvalue weighted by Crippen LogP contribution is 2.41. The van der Waals surface area contributed by atoms with Crippen molar-refractivity contribution < 1.29 is 4.74 Å². The average Bonchev–Trinajstić information content (AvgIpc) is 3.28. The Balaban J connectivity index is 1.70. The number of hydrogen-bond acceptors (Lipinski definition) is 4. The fraction of sp³-hybridized carbons (Fsp3) is 0.364. The number of hydrogen-bond donors (Lipinski definition) is 2. The first-order valence-corrected chi connectivity index (χ1v) is 9.84. The second-order valence-corrected chi connectivity index (χ2v) is 8.13. The van der Waals surface area contributed by atoms with Gasteiger partial charge in [-0.25, -0.2) is 9.50 Å². The van der Waals surface area contributed by atoms with Crippen molar-refractivity contribution in [3.63, 3.8) is 0 Å². The summed E-state index contributed by atoms with van der Waals surface area (Å²) in [5.41, 5.74) is 12.8. The van der Waals surface area contributed by atoms with Gasteiger partial charge in [-0.2, -0.15) is 5.10 Å². The molecule has 1 aliphatic rings. The summed E-state index contributed by atoms with van der Waals surface area (Å²) in [5, 5.41) is 5.60. The summed E-state index contributed by atoms with van der Waals surface area (Å²) in [6.07, 6.45) is 5.72. The molecule has 0 bridgehead atoms. The van der Waals surface area contributed by atoms with Crippen LogP contribution in [0.15, 0.2) is 36.8 Å². The largest absolute Gasteiger partial charge is 0.493 e. The van der Waals surface area contributed by atoms with Crippen LogP contribution in [0.25, 0.3) is 27.8 Å². The van der Waals surface area contributed by atoms with Crippen molar-refractivity contribution >= 4 is 16.6 Å². The van der Waals surface area contributed by atoms with Gasteiger partial charge in [0.2, 0.25) is 0 Å². The van der Waals surface area contributed by atoms with Gasteiger partial charge in [0, 0.05) is 28.7 Å².